The molecule has 4 nitrogen and oxygen atoms in total. The fourth-order valence-corrected chi connectivity index (χ4v) is 2.98. The van der Waals surface area contributed by atoms with E-state index in [0.717, 1.165) is 15.6 Å². The molecule has 0 unspecified atom stereocenters. The Hall–Kier alpha value is -2.66. The molecule has 0 atom stereocenters. The summed E-state index contributed by atoms with van der Waals surface area (Å²) < 4.78 is 6.92. The number of benzene rings is 2. The van der Waals surface area contributed by atoms with Crippen molar-refractivity contribution in [3.8, 4) is 5.75 Å². The number of carbonyl (C=O) groups excluding carboxylic acids is 1. The molecule has 26 heavy (non-hydrogen) atoms. The number of halogens is 1. The molecule has 132 valence electrons. The van der Waals surface area contributed by atoms with Crippen LogP contribution in [-0.2, 0) is 13.2 Å². The number of amides is 1. The average Bonchev–Trinajstić information content (AvgIpc) is 2.68. The summed E-state index contributed by atoms with van der Waals surface area (Å²) in [6.45, 7) is 0.878. The van der Waals surface area contributed by atoms with Gasteiger partial charge in [0.2, 0.25) is 0 Å². The van der Waals surface area contributed by atoms with Gasteiger partial charge >= 0.3 is 0 Å². The second kappa shape index (κ2) is 8.63. The third-order valence-corrected chi connectivity index (χ3v) is 4.72. The molecule has 0 saturated heterocycles. The zero-order chi connectivity index (χ0) is 18.4. The summed E-state index contributed by atoms with van der Waals surface area (Å²) in [7, 11) is 1.78. The Morgan fingerprint density at radius 1 is 1.08 bits per heavy atom. The second-order valence-electron chi connectivity index (χ2n) is 5.90. The van der Waals surface area contributed by atoms with Crippen molar-refractivity contribution >= 4 is 21.8 Å². The largest absolute Gasteiger partial charge is 0.488 e. The molecule has 1 heterocycles. The van der Waals surface area contributed by atoms with Gasteiger partial charge in [-0.2, -0.15) is 0 Å². The molecular formula is C21H19BrN2O2. The first-order valence-corrected chi connectivity index (χ1v) is 9.04. The van der Waals surface area contributed by atoms with Gasteiger partial charge in [0.1, 0.15) is 12.4 Å². The third kappa shape index (κ3) is 4.49. The van der Waals surface area contributed by atoms with E-state index in [2.05, 4.69) is 20.9 Å². The van der Waals surface area contributed by atoms with Crippen molar-refractivity contribution in [2.45, 2.75) is 13.2 Å². The molecule has 0 aliphatic heterocycles. The number of pyridine rings is 1. The Balaban J connectivity index is 1.73. The lowest BCUT2D eigenvalue weighted by Crippen LogP contribution is -2.26. The molecule has 5 heteroatoms. The van der Waals surface area contributed by atoms with E-state index in [9.17, 15) is 4.79 Å². The van der Waals surface area contributed by atoms with Crippen molar-refractivity contribution < 1.29 is 9.53 Å². The molecule has 1 aromatic heterocycles. The zero-order valence-corrected chi connectivity index (χ0v) is 16.0. The Bertz CT molecular complexity index is 884. The third-order valence-electron chi connectivity index (χ3n) is 3.95. The van der Waals surface area contributed by atoms with E-state index in [4.69, 9.17) is 4.74 Å². The zero-order valence-electron chi connectivity index (χ0n) is 14.4. The highest BCUT2D eigenvalue weighted by Crippen LogP contribution is 2.23. The van der Waals surface area contributed by atoms with Gasteiger partial charge in [0, 0.05) is 36.0 Å². The molecule has 0 aliphatic carbocycles. The highest BCUT2D eigenvalue weighted by molar-refractivity contribution is 9.10. The molecule has 0 spiro atoms. The van der Waals surface area contributed by atoms with Crippen molar-refractivity contribution in [1.82, 2.24) is 9.88 Å². The Morgan fingerprint density at radius 3 is 2.62 bits per heavy atom. The average molecular weight is 411 g/mol. The van der Waals surface area contributed by atoms with Crippen LogP contribution in [0.1, 0.15) is 21.5 Å². The van der Waals surface area contributed by atoms with Gasteiger partial charge in [-0.15, -0.1) is 0 Å². The van der Waals surface area contributed by atoms with Crippen LogP contribution < -0.4 is 4.74 Å². The lowest BCUT2D eigenvalue weighted by Gasteiger charge is -2.19. The minimum Gasteiger partial charge on any atom is -0.488 e. The topological polar surface area (TPSA) is 42.4 Å². The summed E-state index contributed by atoms with van der Waals surface area (Å²) in [5.41, 5.74) is 2.55. The molecular weight excluding hydrogens is 392 g/mol. The predicted octanol–water partition coefficient (Wildman–Crippen LogP) is 4.70. The summed E-state index contributed by atoms with van der Waals surface area (Å²) in [4.78, 5) is 18.6. The summed E-state index contributed by atoms with van der Waals surface area (Å²) >= 11 is 3.52. The molecule has 0 radical (unpaired) electrons. The van der Waals surface area contributed by atoms with Gasteiger partial charge < -0.3 is 9.64 Å². The van der Waals surface area contributed by atoms with Crippen molar-refractivity contribution in [2.24, 2.45) is 0 Å². The van der Waals surface area contributed by atoms with Crippen LogP contribution in [0.15, 0.2) is 77.5 Å². The monoisotopic (exact) mass is 410 g/mol. The van der Waals surface area contributed by atoms with E-state index in [1.807, 2.05) is 54.6 Å². The van der Waals surface area contributed by atoms with Crippen LogP contribution in [0.5, 0.6) is 5.75 Å². The molecule has 3 rings (SSSR count). The fourth-order valence-electron chi connectivity index (χ4n) is 2.58. The standard InChI is InChI=1S/C21H19BrN2O2/c1-24(14-16-7-6-12-23-13-16)21(25)18-9-3-5-11-20(18)26-15-17-8-2-4-10-19(17)22/h2-13H,14-15H2,1H3. The number of hydrogen-bond donors (Lipinski definition) is 0. The highest BCUT2D eigenvalue weighted by atomic mass is 79.9. The van der Waals surface area contributed by atoms with Gasteiger partial charge in [-0.25, -0.2) is 0 Å². The molecule has 1 amide bonds. The van der Waals surface area contributed by atoms with Crippen LogP contribution in [0.25, 0.3) is 0 Å². The first kappa shape index (κ1) is 18.1. The lowest BCUT2D eigenvalue weighted by atomic mass is 10.1. The van der Waals surface area contributed by atoms with Crippen LogP contribution in [0.3, 0.4) is 0 Å². The van der Waals surface area contributed by atoms with Crippen LogP contribution >= 0.6 is 15.9 Å². The van der Waals surface area contributed by atoms with E-state index in [1.54, 1.807) is 30.4 Å². The Morgan fingerprint density at radius 2 is 1.85 bits per heavy atom. The van der Waals surface area contributed by atoms with Gasteiger partial charge in [0.15, 0.2) is 0 Å². The number of nitrogens with zero attached hydrogens (tertiary/aromatic N) is 2. The van der Waals surface area contributed by atoms with Crippen LogP contribution in [0.4, 0.5) is 0 Å². The van der Waals surface area contributed by atoms with Crippen molar-refractivity contribution in [3.05, 3.63) is 94.2 Å². The normalized spacial score (nSPS) is 10.4. The highest BCUT2D eigenvalue weighted by Gasteiger charge is 2.17. The van der Waals surface area contributed by atoms with Crippen molar-refractivity contribution in [1.29, 1.82) is 0 Å². The van der Waals surface area contributed by atoms with E-state index < -0.39 is 0 Å². The first-order chi connectivity index (χ1) is 12.6. The quantitative estimate of drug-likeness (QED) is 0.591. The lowest BCUT2D eigenvalue weighted by molar-refractivity contribution is 0.0780. The van der Waals surface area contributed by atoms with Crippen molar-refractivity contribution in [3.63, 3.8) is 0 Å². The molecule has 0 N–H and O–H groups in total. The van der Waals surface area contributed by atoms with E-state index in [-0.39, 0.29) is 5.91 Å². The molecule has 0 aliphatic rings. The number of para-hydroxylation sites is 1. The van der Waals surface area contributed by atoms with Crippen molar-refractivity contribution in [2.75, 3.05) is 7.05 Å². The van der Waals surface area contributed by atoms with Gasteiger partial charge in [-0.3, -0.25) is 9.78 Å². The maximum atomic E-state index is 12.9. The van der Waals surface area contributed by atoms with Gasteiger partial charge in [-0.05, 0) is 29.8 Å². The molecule has 0 fully saturated rings. The molecule has 3 aromatic rings. The van der Waals surface area contributed by atoms with Crippen LogP contribution in [-0.4, -0.2) is 22.8 Å². The molecule has 0 saturated carbocycles. The van der Waals surface area contributed by atoms with E-state index >= 15 is 0 Å². The number of aromatic nitrogens is 1. The second-order valence-corrected chi connectivity index (χ2v) is 6.75. The fraction of sp³-hybridized carbons (Fsp3) is 0.143. The first-order valence-electron chi connectivity index (χ1n) is 8.25. The summed E-state index contributed by atoms with van der Waals surface area (Å²) in [5.74, 6) is 0.489. The minimum atomic E-state index is -0.0865. The minimum absolute atomic E-state index is 0.0865. The van der Waals surface area contributed by atoms with Gasteiger partial charge in [0.05, 0.1) is 5.56 Å². The van der Waals surface area contributed by atoms with Crippen LogP contribution in [0, 0.1) is 0 Å². The Labute approximate surface area is 161 Å². The number of carbonyl (C=O) groups is 1. The number of hydrogen-bond acceptors (Lipinski definition) is 3. The van der Waals surface area contributed by atoms with E-state index in [1.165, 1.54) is 0 Å². The summed E-state index contributed by atoms with van der Waals surface area (Å²) in [6.07, 6.45) is 3.48. The Kier molecular flexibility index (Phi) is 6.02. The van der Waals surface area contributed by atoms with Crippen LogP contribution in [0.2, 0.25) is 0 Å². The SMILES string of the molecule is CN(Cc1cccnc1)C(=O)c1ccccc1OCc1ccccc1Br. The summed E-state index contributed by atoms with van der Waals surface area (Å²) in [6, 6.07) is 19.0. The molecule has 2 aromatic carbocycles. The van der Waals surface area contributed by atoms with E-state index in [0.29, 0.717) is 24.5 Å². The summed E-state index contributed by atoms with van der Waals surface area (Å²) in [5, 5.41) is 0. The maximum absolute atomic E-state index is 12.9. The smallest absolute Gasteiger partial charge is 0.257 e. The maximum Gasteiger partial charge on any atom is 0.257 e. The number of rotatable bonds is 6. The predicted molar refractivity (Wildman–Crippen MR) is 105 cm³/mol. The number of ether oxygens (including phenoxy) is 1. The molecule has 0 bridgehead atoms. The van der Waals surface area contributed by atoms with Gasteiger partial charge in [-0.1, -0.05) is 52.3 Å². The van der Waals surface area contributed by atoms with Gasteiger partial charge in [0.25, 0.3) is 5.91 Å².